The molecule has 0 amide bonds. The number of rotatable bonds is 2. The number of methoxy groups -OCH3 is 1. The quantitative estimate of drug-likeness (QED) is 0.311. The highest BCUT2D eigenvalue weighted by molar-refractivity contribution is 5.88. The average molecular weight is 114 g/mol. The lowest BCUT2D eigenvalue weighted by Gasteiger charge is -1.94. The highest BCUT2D eigenvalue weighted by Crippen LogP contribution is 1.88. The van der Waals surface area contributed by atoms with Gasteiger partial charge in [0.1, 0.15) is 5.84 Å². The molecule has 0 aromatic rings. The minimum atomic E-state index is 0.0179. The zero-order valence-corrected chi connectivity index (χ0v) is 5.06. The second-order valence-corrected chi connectivity index (χ2v) is 1.41. The largest absolute Gasteiger partial charge is 0.501 e. The predicted molar refractivity (Wildman–Crippen MR) is 32.7 cm³/mol. The molecular weight excluding hydrogens is 104 g/mol. The fourth-order valence-electron chi connectivity index (χ4n) is 0.278. The summed E-state index contributed by atoms with van der Waals surface area (Å²) in [7, 11) is 1.54. The first-order valence-electron chi connectivity index (χ1n) is 2.23. The number of hydrogen-bond acceptors (Lipinski definition) is 2. The zero-order valence-electron chi connectivity index (χ0n) is 5.06. The maximum Gasteiger partial charge on any atom is 0.118 e. The van der Waals surface area contributed by atoms with Crippen molar-refractivity contribution in [1.29, 1.82) is 5.41 Å². The Bertz CT molecular complexity index is 118. The second-order valence-electron chi connectivity index (χ2n) is 1.41. The molecule has 3 N–H and O–H groups in total. The molecule has 0 bridgehead atoms. The normalized spacial score (nSPS) is 11.0. The van der Waals surface area contributed by atoms with Crippen LogP contribution in [0.3, 0.4) is 0 Å². The molecule has 0 saturated heterocycles. The topological polar surface area (TPSA) is 59.1 Å². The lowest BCUT2D eigenvalue weighted by molar-refractivity contribution is 0.294. The molecule has 3 heteroatoms. The minimum absolute atomic E-state index is 0.0179. The van der Waals surface area contributed by atoms with E-state index in [1.165, 1.54) is 13.2 Å². The molecule has 46 valence electrons. The summed E-state index contributed by atoms with van der Waals surface area (Å²) in [6, 6.07) is 0. The van der Waals surface area contributed by atoms with Crippen molar-refractivity contribution in [3.8, 4) is 0 Å². The van der Waals surface area contributed by atoms with Crippen LogP contribution in [0.25, 0.3) is 0 Å². The van der Waals surface area contributed by atoms with E-state index in [4.69, 9.17) is 15.9 Å². The number of nitrogens with two attached hydrogens (primary N) is 1. The zero-order chi connectivity index (χ0) is 6.57. The molecule has 0 radical (unpaired) electrons. The Hall–Kier alpha value is -0.990. The van der Waals surface area contributed by atoms with Crippen LogP contribution in [-0.4, -0.2) is 12.9 Å². The van der Waals surface area contributed by atoms with E-state index in [9.17, 15) is 0 Å². The van der Waals surface area contributed by atoms with Crippen LogP contribution in [0, 0.1) is 5.41 Å². The van der Waals surface area contributed by atoms with Gasteiger partial charge in [-0.1, -0.05) is 0 Å². The summed E-state index contributed by atoms with van der Waals surface area (Å²) in [5, 5.41) is 6.75. The summed E-state index contributed by atoms with van der Waals surface area (Å²) in [6.45, 7) is 1.74. The molecular formula is C5H10N2O. The van der Waals surface area contributed by atoms with E-state index in [0.717, 1.165) is 0 Å². The monoisotopic (exact) mass is 114 g/mol. The third-order valence-corrected chi connectivity index (χ3v) is 0.681. The first-order chi connectivity index (χ1) is 3.66. The third kappa shape index (κ3) is 3.21. The van der Waals surface area contributed by atoms with Crippen molar-refractivity contribution in [3.63, 3.8) is 0 Å². The molecule has 0 aromatic carbocycles. The van der Waals surface area contributed by atoms with E-state index in [2.05, 4.69) is 0 Å². The van der Waals surface area contributed by atoms with E-state index in [-0.39, 0.29) is 5.84 Å². The SMILES string of the molecule is CO/C(C)=C\C(=N)N. The summed E-state index contributed by atoms with van der Waals surface area (Å²) < 4.78 is 4.70. The fourth-order valence-corrected chi connectivity index (χ4v) is 0.278. The standard InChI is InChI=1S/C5H10N2O/c1-4(8-2)3-5(6)7/h3H,1-2H3,(H3,6,7)/b4-3-. The Morgan fingerprint density at radius 1 is 1.75 bits per heavy atom. The van der Waals surface area contributed by atoms with Crippen LogP contribution in [0.2, 0.25) is 0 Å². The van der Waals surface area contributed by atoms with Gasteiger partial charge < -0.3 is 10.5 Å². The lowest BCUT2D eigenvalue weighted by atomic mass is 10.4. The molecule has 0 aromatic heterocycles. The average Bonchev–Trinajstić information content (AvgIpc) is 1.65. The van der Waals surface area contributed by atoms with Gasteiger partial charge in [0.25, 0.3) is 0 Å². The van der Waals surface area contributed by atoms with Crippen LogP contribution < -0.4 is 5.73 Å². The van der Waals surface area contributed by atoms with Crippen LogP contribution in [0.4, 0.5) is 0 Å². The Morgan fingerprint density at radius 2 is 2.25 bits per heavy atom. The van der Waals surface area contributed by atoms with Gasteiger partial charge in [-0.05, 0) is 6.92 Å². The molecule has 0 spiro atoms. The molecule has 0 atom stereocenters. The van der Waals surface area contributed by atoms with Crippen LogP contribution in [-0.2, 0) is 4.74 Å². The van der Waals surface area contributed by atoms with Gasteiger partial charge in [-0.3, -0.25) is 5.41 Å². The van der Waals surface area contributed by atoms with E-state index < -0.39 is 0 Å². The Morgan fingerprint density at radius 3 is 2.38 bits per heavy atom. The maximum absolute atomic E-state index is 6.75. The lowest BCUT2D eigenvalue weighted by Crippen LogP contribution is -2.05. The number of ether oxygens (including phenoxy) is 1. The Balaban J connectivity index is 3.75. The summed E-state index contributed by atoms with van der Waals surface area (Å²) >= 11 is 0. The molecule has 0 saturated carbocycles. The first-order valence-corrected chi connectivity index (χ1v) is 2.23. The van der Waals surface area contributed by atoms with Crippen molar-refractivity contribution >= 4 is 5.84 Å². The van der Waals surface area contributed by atoms with Crippen molar-refractivity contribution in [2.75, 3.05) is 7.11 Å². The first kappa shape index (κ1) is 7.01. The molecule has 0 aliphatic rings. The van der Waals surface area contributed by atoms with Gasteiger partial charge in [0.05, 0.1) is 12.9 Å². The number of hydrogen-bond donors (Lipinski definition) is 2. The number of nitrogens with one attached hydrogen (secondary N) is 1. The Labute approximate surface area is 48.6 Å². The van der Waals surface area contributed by atoms with Crippen molar-refractivity contribution < 1.29 is 4.74 Å². The van der Waals surface area contributed by atoms with Gasteiger partial charge in [0, 0.05) is 6.08 Å². The van der Waals surface area contributed by atoms with Crippen molar-refractivity contribution in [2.24, 2.45) is 5.73 Å². The third-order valence-electron chi connectivity index (χ3n) is 0.681. The van der Waals surface area contributed by atoms with Gasteiger partial charge in [-0.25, -0.2) is 0 Å². The summed E-state index contributed by atoms with van der Waals surface area (Å²) in [6.07, 6.45) is 1.44. The maximum atomic E-state index is 6.75. The smallest absolute Gasteiger partial charge is 0.118 e. The fraction of sp³-hybridized carbons (Fsp3) is 0.400. The molecule has 0 aliphatic carbocycles. The minimum Gasteiger partial charge on any atom is -0.501 e. The van der Waals surface area contributed by atoms with E-state index in [0.29, 0.717) is 5.76 Å². The summed E-state index contributed by atoms with van der Waals surface area (Å²) in [5.74, 6) is 0.668. The molecule has 0 unspecified atom stereocenters. The van der Waals surface area contributed by atoms with E-state index in [1.54, 1.807) is 6.92 Å². The number of amidine groups is 1. The molecule has 8 heavy (non-hydrogen) atoms. The van der Waals surface area contributed by atoms with Crippen molar-refractivity contribution in [3.05, 3.63) is 11.8 Å². The highest BCUT2D eigenvalue weighted by atomic mass is 16.5. The van der Waals surface area contributed by atoms with Crippen LogP contribution in [0.15, 0.2) is 11.8 Å². The van der Waals surface area contributed by atoms with Gasteiger partial charge in [0.2, 0.25) is 0 Å². The van der Waals surface area contributed by atoms with E-state index in [1.807, 2.05) is 0 Å². The van der Waals surface area contributed by atoms with Crippen molar-refractivity contribution in [1.82, 2.24) is 0 Å². The Kier molecular flexibility index (Phi) is 2.69. The molecule has 0 fully saturated rings. The van der Waals surface area contributed by atoms with Gasteiger partial charge >= 0.3 is 0 Å². The number of allylic oxidation sites excluding steroid dienone is 1. The highest BCUT2D eigenvalue weighted by Gasteiger charge is 1.83. The van der Waals surface area contributed by atoms with Crippen LogP contribution >= 0.6 is 0 Å². The van der Waals surface area contributed by atoms with Crippen LogP contribution in [0.1, 0.15) is 6.92 Å². The van der Waals surface area contributed by atoms with Crippen LogP contribution in [0.5, 0.6) is 0 Å². The van der Waals surface area contributed by atoms with Gasteiger partial charge in [-0.15, -0.1) is 0 Å². The van der Waals surface area contributed by atoms with Crippen molar-refractivity contribution in [2.45, 2.75) is 6.92 Å². The molecule has 0 rings (SSSR count). The van der Waals surface area contributed by atoms with Gasteiger partial charge in [-0.2, -0.15) is 0 Å². The second kappa shape index (κ2) is 3.07. The molecule has 3 nitrogen and oxygen atoms in total. The summed E-state index contributed by atoms with van der Waals surface area (Å²) in [5.41, 5.74) is 5.00. The predicted octanol–water partition coefficient (Wildman–Crippen LogP) is 0.473. The molecule has 0 heterocycles. The van der Waals surface area contributed by atoms with Gasteiger partial charge in [0.15, 0.2) is 0 Å². The summed E-state index contributed by atoms with van der Waals surface area (Å²) in [4.78, 5) is 0. The van der Waals surface area contributed by atoms with E-state index >= 15 is 0 Å². The molecule has 0 aliphatic heterocycles.